The summed E-state index contributed by atoms with van der Waals surface area (Å²) < 4.78 is 19.8. The van der Waals surface area contributed by atoms with Crippen molar-refractivity contribution in [2.75, 3.05) is 0 Å². The molecule has 0 radical (unpaired) electrons. The molecule has 10 heteroatoms. The first kappa shape index (κ1) is 16.9. The van der Waals surface area contributed by atoms with Crippen molar-refractivity contribution >= 4 is 22.1 Å². The summed E-state index contributed by atoms with van der Waals surface area (Å²) in [5.41, 5.74) is 7.52. The Balaban J connectivity index is 0.000000631. The highest BCUT2D eigenvalue weighted by Gasteiger charge is 2.32. The maximum atomic E-state index is 11.0. The van der Waals surface area contributed by atoms with Gasteiger partial charge in [-0.1, -0.05) is 30.3 Å². The Bertz CT molecular complexity index is 478. The summed E-state index contributed by atoms with van der Waals surface area (Å²) in [5.74, 6) is 0. The molecule has 8 nitrogen and oxygen atoms in total. The lowest BCUT2D eigenvalue weighted by Gasteiger charge is -2.09. The van der Waals surface area contributed by atoms with Gasteiger partial charge in [-0.05, 0) is 5.56 Å². The highest BCUT2D eigenvalue weighted by Crippen LogP contribution is 2.50. The second kappa shape index (κ2) is 8.08. The van der Waals surface area contributed by atoms with Crippen LogP contribution in [0, 0.1) is 0 Å². The summed E-state index contributed by atoms with van der Waals surface area (Å²) in [5, 5.41) is 0. The molecular weight excluding hydrogens is 282 g/mol. The predicted octanol–water partition coefficient (Wildman–Crippen LogP) is 0.567. The van der Waals surface area contributed by atoms with Crippen LogP contribution in [-0.2, 0) is 9.13 Å². The van der Waals surface area contributed by atoms with Crippen LogP contribution in [-0.4, -0.2) is 30.6 Å². The van der Waals surface area contributed by atoms with E-state index >= 15 is 0 Å². The Kier molecular flexibility index (Phi) is 7.59. The Morgan fingerprint density at radius 2 is 1.72 bits per heavy atom. The normalized spacial score (nSPS) is 12.1. The topological polar surface area (TPSA) is 151 Å². The molecule has 1 rings (SSSR count). The lowest BCUT2D eigenvalue weighted by Crippen LogP contribution is -2.01. The van der Waals surface area contributed by atoms with Gasteiger partial charge in [0.05, 0.1) is 0 Å². The smallest absolute Gasteiger partial charge is 0.344 e. The van der Waals surface area contributed by atoms with E-state index in [2.05, 4.69) is 4.79 Å². The highest BCUT2D eigenvalue weighted by molar-refractivity contribution is 7.53. The Morgan fingerprint density at radius 1 is 1.28 bits per heavy atom. The Morgan fingerprint density at radius 3 is 2.06 bits per heavy atom. The quantitative estimate of drug-likeness (QED) is 0.277. The van der Waals surface area contributed by atoms with Crippen molar-refractivity contribution in [2.24, 2.45) is 0 Å². The van der Waals surface area contributed by atoms with Crippen molar-refractivity contribution < 1.29 is 33.5 Å². The van der Waals surface area contributed by atoms with E-state index in [4.69, 9.17) is 29.7 Å². The average molecular weight is 294 g/mol. The van der Waals surface area contributed by atoms with Crippen LogP contribution in [0.1, 0.15) is 11.2 Å². The fourth-order valence-corrected chi connectivity index (χ4v) is 1.87. The predicted molar refractivity (Wildman–Crippen MR) is 64.3 cm³/mol. The third-order valence-corrected chi connectivity index (χ3v) is 2.87. The maximum absolute atomic E-state index is 11.0. The summed E-state index contributed by atoms with van der Waals surface area (Å²) in [4.78, 5) is 34.9. The van der Waals surface area contributed by atoms with E-state index in [1.807, 2.05) is 0 Å². The van der Waals surface area contributed by atoms with Gasteiger partial charge in [0, 0.05) is 0 Å². The second-order valence-corrected chi connectivity index (χ2v) is 5.29. The van der Waals surface area contributed by atoms with Gasteiger partial charge in [-0.25, -0.2) is 0 Å². The van der Waals surface area contributed by atoms with Gasteiger partial charge in [0.15, 0.2) is 5.66 Å². The third-order valence-electron chi connectivity index (χ3n) is 1.71. The molecule has 0 aliphatic carbocycles. The van der Waals surface area contributed by atoms with Gasteiger partial charge in [0.2, 0.25) is 0 Å². The average Bonchev–Trinajstić information content (AvgIpc) is 2.24. The van der Waals surface area contributed by atoms with Crippen molar-refractivity contribution in [1.82, 2.24) is 0 Å². The van der Waals surface area contributed by atoms with Gasteiger partial charge < -0.3 is 25.1 Å². The zero-order valence-electron chi connectivity index (χ0n) is 8.99. The van der Waals surface area contributed by atoms with E-state index in [9.17, 15) is 4.57 Å². The van der Waals surface area contributed by atoms with Crippen LogP contribution >= 0.6 is 15.9 Å². The molecule has 1 aromatic rings. The zero-order chi connectivity index (χ0) is 14.2. The molecule has 0 fully saturated rings. The van der Waals surface area contributed by atoms with Crippen molar-refractivity contribution in [2.45, 2.75) is 5.66 Å². The van der Waals surface area contributed by atoms with Crippen LogP contribution in [0.25, 0.3) is 5.53 Å². The Labute approximate surface area is 103 Å². The third kappa shape index (κ3) is 7.27. The number of nitrogens with zero attached hydrogens (tertiary/aromatic N) is 2. The van der Waals surface area contributed by atoms with Crippen LogP contribution in [0.5, 0.6) is 0 Å². The van der Waals surface area contributed by atoms with Gasteiger partial charge in [0.25, 0.3) is 6.21 Å². The van der Waals surface area contributed by atoms with E-state index in [-0.39, 0.29) is 0 Å². The molecule has 1 atom stereocenters. The van der Waals surface area contributed by atoms with Gasteiger partial charge in [-0.15, -0.1) is 0 Å². The van der Waals surface area contributed by atoms with Crippen molar-refractivity contribution in [1.29, 1.82) is 0 Å². The molecule has 4 N–H and O–H groups in total. The van der Waals surface area contributed by atoms with Crippen molar-refractivity contribution in [3.63, 3.8) is 0 Å². The van der Waals surface area contributed by atoms with Gasteiger partial charge >= 0.3 is 15.9 Å². The summed E-state index contributed by atoms with van der Waals surface area (Å²) in [7, 11) is -7.45. The molecule has 0 aliphatic heterocycles. The Hall–Kier alpha value is -1.10. The summed E-state index contributed by atoms with van der Waals surface area (Å²) in [6.07, 6.45) is 0.829. The van der Waals surface area contributed by atoms with Gasteiger partial charge in [-0.2, -0.15) is 4.79 Å². The van der Waals surface area contributed by atoms with E-state index in [0.29, 0.717) is 5.56 Å². The first-order chi connectivity index (χ1) is 8.29. The van der Waals surface area contributed by atoms with Crippen molar-refractivity contribution in [3.8, 4) is 0 Å². The molecule has 18 heavy (non-hydrogen) atoms. The lowest BCUT2D eigenvalue weighted by molar-refractivity contribution is 0.000744. The first-order valence-corrected chi connectivity index (χ1v) is 7.47. The maximum Gasteiger partial charge on any atom is 0.344 e. The summed E-state index contributed by atoms with van der Waals surface area (Å²) >= 11 is 0. The van der Waals surface area contributed by atoms with E-state index < -0.39 is 21.5 Å². The SMILES string of the molecule is O=[PH](O)O.[N-]=[N+]=CC(c1ccccc1)P(=O)(O)O. The largest absolute Gasteiger partial charge is 0.362 e. The minimum Gasteiger partial charge on any atom is -0.362 e. The standard InChI is InChI=1S/C8H9N2O3P.H3O3P/c9-10-6-8(14(11,12)13)7-4-2-1-3-5-7;1-4(2)3/h1-6,8H,(H2,11,12,13);4H,(H2,1,2,3). The molecule has 0 aliphatic rings. The lowest BCUT2D eigenvalue weighted by atomic mass is 10.2. The molecule has 0 saturated carbocycles. The molecular formula is C8H12N2O6P2. The van der Waals surface area contributed by atoms with Crippen LogP contribution in [0.3, 0.4) is 0 Å². The van der Waals surface area contributed by atoms with Crippen LogP contribution in [0.4, 0.5) is 0 Å². The molecule has 0 bridgehead atoms. The molecule has 1 unspecified atom stereocenters. The van der Waals surface area contributed by atoms with Crippen molar-refractivity contribution in [3.05, 3.63) is 41.4 Å². The van der Waals surface area contributed by atoms with Gasteiger partial charge in [0.1, 0.15) is 0 Å². The number of rotatable bonds is 3. The number of hydrogen-bond acceptors (Lipinski definition) is 2. The molecule has 0 aromatic heterocycles. The van der Waals surface area contributed by atoms with Gasteiger partial charge in [-0.3, -0.25) is 9.13 Å². The van der Waals surface area contributed by atoms with E-state index in [1.165, 1.54) is 0 Å². The minimum absolute atomic E-state index is 0.415. The monoisotopic (exact) mass is 294 g/mol. The molecule has 0 saturated heterocycles. The van der Waals surface area contributed by atoms with Crippen LogP contribution in [0.15, 0.2) is 30.3 Å². The van der Waals surface area contributed by atoms with Crippen LogP contribution in [0.2, 0.25) is 0 Å². The van der Waals surface area contributed by atoms with E-state index in [0.717, 1.165) is 6.21 Å². The fourth-order valence-electron chi connectivity index (χ4n) is 1.08. The summed E-state index contributed by atoms with van der Waals surface area (Å²) in [6.45, 7) is 0. The van der Waals surface area contributed by atoms with E-state index in [1.54, 1.807) is 30.3 Å². The number of benzene rings is 1. The first-order valence-electron chi connectivity index (χ1n) is 4.48. The second-order valence-electron chi connectivity index (χ2n) is 2.99. The fraction of sp³-hybridized carbons (Fsp3) is 0.125. The summed E-state index contributed by atoms with van der Waals surface area (Å²) in [6, 6.07) is 8.17. The van der Waals surface area contributed by atoms with Crippen LogP contribution < -0.4 is 0 Å². The molecule has 0 heterocycles. The molecule has 100 valence electrons. The zero-order valence-corrected chi connectivity index (χ0v) is 10.9. The highest BCUT2D eigenvalue weighted by atomic mass is 31.2. The molecule has 0 spiro atoms. The molecule has 1 aromatic carbocycles. The number of hydrogen-bond donors (Lipinski definition) is 4. The molecule has 0 amide bonds. The minimum atomic E-state index is -4.32.